The highest BCUT2D eigenvalue weighted by Crippen LogP contribution is 2.24. The zero-order valence-corrected chi connectivity index (χ0v) is 11.5. The van der Waals surface area contributed by atoms with Gasteiger partial charge in [0, 0.05) is 29.4 Å². The summed E-state index contributed by atoms with van der Waals surface area (Å²) >= 11 is 1.57. The minimum atomic E-state index is -0.237. The van der Waals surface area contributed by atoms with Crippen molar-refractivity contribution in [3.8, 4) is 10.6 Å². The number of hydrogen-bond donors (Lipinski definition) is 2. The SMILES string of the molecule is C=C(C)CNC(=O)Nc1cccc(-c2nccs2)c1. The molecule has 2 amide bonds. The first-order chi connectivity index (χ1) is 9.15. The van der Waals surface area contributed by atoms with Crippen molar-refractivity contribution >= 4 is 23.1 Å². The van der Waals surface area contributed by atoms with Crippen LogP contribution in [0.4, 0.5) is 10.5 Å². The third-order valence-electron chi connectivity index (χ3n) is 2.35. The van der Waals surface area contributed by atoms with Crippen molar-refractivity contribution in [3.63, 3.8) is 0 Å². The quantitative estimate of drug-likeness (QED) is 0.838. The Hall–Kier alpha value is -2.14. The van der Waals surface area contributed by atoms with E-state index in [0.29, 0.717) is 6.54 Å². The summed E-state index contributed by atoms with van der Waals surface area (Å²) < 4.78 is 0. The van der Waals surface area contributed by atoms with Gasteiger partial charge in [-0.2, -0.15) is 0 Å². The van der Waals surface area contributed by atoms with Gasteiger partial charge in [0.2, 0.25) is 0 Å². The van der Waals surface area contributed by atoms with Gasteiger partial charge < -0.3 is 10.6 Å². The third-order valence-corrected chi connectivity index (χ3v) is 3.17. The van der Waals surface area contributed by atoms with Crippen LogP contribution in [0.2, 0.25) is 0 Å². The molecule has 4 nitrogen and oxygen atoms in total. The number of carbonyl (C=O) groups is 1. The van der Waals surface area contributed by atoms with Crippen LogP contribution in [0.15, 0.2) is 48.0 Å². The Morgan fingerprint density at radius 2 is 2.32 bits per heavy atom. The van der Waals surface area contributed by atoms with E-state index in [0.717, 1.165) is 21.8 Å². The molecule has 1 aromatic heterocycles. The average molecular weight is 273 g/mol. The molecule has 98 valence electrons. The fourth-order valence-corrected chi connectivity index (χ4v) is 2.14. The molecule has 0 unspecified atom stereocenters. The fraction of sp³-hybridized carbons (Fsp3) is 0.143. The van der Waals surface area contributed by atoms with Crippen LogP contribution in [0.3, 0.4) is 0 Å². The van der Waals surface area contributed by atoms with Crippen LogP contribution in [-0.4, -0.2) is 17.6 Å². The monoisotopic (exact) mass is 273 g/mol. The number of thiazole rings is 1. The summed E-state index contributed by atoms with van der Waals surface area (Å²) in [6.45, 7) is 6.07. The van der Waals surface area contributed by atoms with Crippen LogP contribution in [0.5, 0.6) is 0 Å². The molecule has 0 spiro atoms. The highest BCUT2D eigenvalue weighted by molar-refractivity contribution is 7.13. The van der Waals surface area contributed by atoms with E-state index in [1.807, 2.05) is 36.6 Å². The zero-order chi connectivity index (χ0) is 13.7. The van der Waals surface area contributed by atoms with E-state index >= 15 is 0 Å². The molecule has 1 aromatic carbocycles. The number of urea groups is 1. The molecule has 2 aromatic rings. The number of rotatable bonds is 4. The van der Waals surface area contributed by atoms with Crippen molar-refractivity contribution in [2.45, 2.75) is 6.92 Å². The molecule has 0 atom stereocenters. The van der Waals surface area contributed by atoms with Crippen molar-refractivity contribution in [1.82, 2.24) is 10.3 Å². The number of hydrogen-bond acceptors (Lipinski definition) is 3. The first-order valence-electron chi connectivity index (χ1n) is 5.84. The van der Waals surface area contributed by atoms with Crippen LogP contribution in [-0.2, 0) is 0 Å². The largest absolute Gasteiger partial charge is 0.334 e. The van der Waals surface area contributed by atoms with Crippen LogP contribution in [0.1, 0.15) is 6.92 Å². The zero-order valence-electron chi connectivity index (χ0n) is 10.6. The molecular weight excluding hydrogens is 258 g/mol. The number of nitrogens with one attached hydrogen (secondary N) is 2. The molecule has 2 N–H and O–H groups in total. The maximum atomic E-state index is 11.6. The molecule has 19 heavy (non-hydrogen) atoms. The van der Waals surface area contributed by atoms with Crippen molar-refractivity contribution in [3.05, 3.63) is 48.0 Å². The van der Waals surface area contributed by atoms with E-state index in [4.69, 9.17) is 0 Å². The number of aromatic nitrogens is 1. The predicted molar refractivity (Wildman–Crippen MR) is 79.4 cm³/mol. The summed E-state index contributed by atoms with van der Waals surface area (Å²) in [6, 6.07) is 7.37. The first-order valence-corrected chi connectivity index (χ1v) is 6.72. The third kappa shape index (κ3) is 3.93. The summed E-state index contributed by atoms with van der Waals surface area (Å²) in [6.07, 6.45) is 1.76. The molecular formula is C14H15N3OS. The van der Waals surface area contributed by atoms with Crippen molar-refractivity contribution in [1.29, 1.82) is 0 Å². The molecule has 2 rings (SSSR count). The van der Waals surface area contributed by atoms with Crippen molar-refractivity contribution < 1.29 is 4.79 Å². The van der Waals surface area contributed by atoms with Gasteiger partial charge in [-0.25, -0.2) is 9.78 Å². The Labute approximate surface area is 116 Å². The van der Waals surface area contributed by atoms with Gasteiger partial charge in [-0.1, -0.05) is 24.3 Å². The molecule has 0 aliphatic carbocycles. The van der Waals surface area contributed by atoms with Crippen LogP contribution in [0.25, 0.3) is 10.6 Å². The minimum Gasteiger partial charge on any atom is -0.334 e. The highest BCUT2D eigenvalue weighted by atomic mass is 32.1. The van der Waals surface area contributed by atoms with Gasteiger partial charge in [-0.3, -0.25) is 0 Å². The minimum absolute atomic E-state index is 0.237. The Morgan fingerprint density at radius 1 is 1.47 bits per heavy atom. The lowest BCUT2D eigenvalue weighted by molar-refractivity contribution is 0.253. The Kier molecular flexibility index (Phi) is 4.30. The van der Waals surface area contributed by atoms with Gasteiger partial charge in [0.1, 0.15) is 5.01 Å². The number of nitrogens with zero attached hydrogens (tertiary/aromatic N) is 1. The lowest BCUT2D eigenvalue weighted by Gasteiger charge is -2.08. The van der Waals surface area contributed by atoms with Crippen molar-refractivity contribution in [2.75, 3.05) is 11.9 Å². The Bertz CT molecular complexity index is 578. The maximum absolute atomic E-state index is 11.6. The highest BCUT2D eigenvalue weighted by Gasteiger charge is 2.04. The molecule has 0 saturated heterocycles. The van der Waals surface area contributed by atoms with Crippen LogP contribution in [0, 0.1) is 0 Å². The van der Waals surface area contributed by atoms with Gasteiger partial charge in [0.25, 0.3) is 0 Å². The second-order valence-electron chi connectivity index (χ2n) is 4.18. The van der Waals surface area contributed by atoms with E-state index in [2.05, 4.69) is 22.2 Å². The summed E-state index contributed by atoms with van der Waals surface area (Å²) in [5.41, 5.74) is 2.64. The molecule has 0 radical (unpaired) electrons. The Balaban J connectivity index is 2.03. The predicted octanol–water partition coefficient (Wildman–Crippen LogP) is 3.51. The molecule has 0 aliphatic rings. The Morgan fingerprint density at radius 3 is 3.00 bits per heavy atom. The van der Waals surface area contributed by atoms with Gasteiger partial charge >= 0.3 is 6.03 Å². The molecule has 0 aliphatic heterocycles. The van der Waals surface area contributed by atoms with E-state index in [9.17, 15) is 4.79 Å². The van der Waals surface area contributed by atoms with Gasteiger partial charge in [0.05, 0.1) is 0 Å². The number of carbonyl (C=O) groups excluding carboxylic acids is 1. The number of anilines is 1. The van der Waals surface area contributed by atoms with Crippen LogP contribution < -0.4 is 10.6 Å². The normalized spacial score (nSPS) is 9.95. The molecule has 5 heteroatoms. The smallest absolute Gasteiger partial charge is 0.319 e. The lowest BCUT2D eigenvalue weighted by atomic mass is 10.2. The van der Waals surface area contributed by atoms with Gasteiger partial charge in [0.15, 0.2) is 0 Å². The number of amides is 2. The molecule has 0 fully saturated rings. The van der Waals surface area contributed by atoms with E-state index in [-0.39, 0.29) is 6.03 Å². The van der Waals surface area contributed by atoms with Gasteiger partial charge in [-0.05, 0) is 19.1 Å². The standard InChI is InChI=1S/C14H15N3OS/c1-10(2)9-16-14(18)17-12-5-3-4-11(8-12)13-15-6-7-19-13/h3-8H,1,9H2,2H3,(H2,16,17,18). The summed E-state index contributed by atoms with van der Waals surface area (Å²) in [4.78, 5) is 15.9. The van der Waals surface area contributed by atoms with E-state index in [1.165, 1.54) is 0 Å². The molecule has 0 bridgehead atoms. The summed E-state index contributed by atoms with van der Waals surface area (Å²) in [5.74, 6) is 0. The second-order valence-corrected chi connectivity index (χ2v) is 5.08. The topological polar surface area (TPSA) is 54.0 Å². The second kappa shape index (κ2) is 6.15. The van der Waals surface area contributed by atoms with E-state index in [1.54, 1.807) is 17.5 Å². The van der Waals surface area contributed by atoms with Crippen LogP contribution >= 0.6 is 11.3 Å². The average Bonchev–Trinajstić information content (AvgIpc) is 2.90. The summed E-state index contributed by atoms with van der Waals surface area (Å²) in [7, 11) is 0. The van der Waals surface area contributed by atoms with E-state index < -0.39 is 0 Å². The summed E-state index contributed by atoms with van der Waals surface area (Å²) in [5, 5.41) is 8.37. The molecule has 1 heterocycles. The first kappa shape index (κ1) is 13.3. The molecule has 0 saturated carbocycles. The fourth-order valence-electron chi connectivity index (χ4n) is 1.50. The maximum Gasteiger partial charge on any atom is 0.319 e. The lowest BCUT2D eigenvalue weighted by Crippen LogP contribution is -2.29. The van der Waals surface area contributed by atoms with Crippen molar-refractivity contribution in [2.24, 2.45) is 0 Å². The number of benzene rings is 1. The van der Waals surface area contributed by atoms with Gasteiger partial charge in [-0.15, -0.1) is 11.3 Å².